The van der Waals surface area contributed by atoms with E-state index in [-0.39, 0.29) is 0 Å². The average molecular weight is 1860 g/mol. The summed E-state index contributed by atoms with van der Waals surface area (Å²) in [6, 6.07) is 205. The van der Waals surface area contributed by atoms with Gasteiger partial charge in [0.1, 0.15) is 5.82 Å². The van der Waals surface area contributed by atoms with Crippen molar-refractivity contribution < 1.29 is 0 Å². The van der Waals surface area contributed by atoms with Crippen molar-refractivity contribution in [3.63, 3.8) is 0 Å². The van der Waals surface area contributed by atoms with Crippen molar-refractivity contribution in [2.45, 2.75) is 0 Å². The van der Waals surface area contributed by atoms with Crippen molar-refractivity contribution in [1.82, 2.24) is 18.7 Å². The molecule has 24 aromatic carbocycles. The number of hydrogen-bond acceptors (Lipinski definition) is 4. The zero-order valence-electron chi connectivity index (χ0n) is 80.0. The van der Waals surface area contributed by atoms with Crippen LogP contribution in [-0.4, -0.2) is 18.7 Å². The van der Waals surface area contributed by atoms with Crippen LogP contribution < -0.4 is 14.7 Å². The number of aromatic nitrogens is 4. The highest BCUT2D eigenvalue weighted by atomic mass is 15.2. The lowest BCUT2D eigenvalue weighted by atomic mass is 9.96. The first-order valence-corrected chi connectivity index (χ1v) is 49.9. The molecule has 0 N–H and O–H groups in total. The number of pyridine rings is 1. The molecule has 0 aliphatic rings. The second kappa shape index (κ2) is 37.9. The van der Waals surface area contributed by atoms with Crippen molar-refractivity contribution in [3.05, 3.63) is 576 Å². The third kappa shape index (κ3) is 16.0. The Balaban J connectivity index is 0.000000112. The zero-order valence-corrected chi connectivity index (χ0v) is 80.0. The van der Waals surface area contributed by atoms with Gasteiger partial charge in [0.2, 0.25) is 0 Å². The SMILES string of the molecule is c1cc(-c2cccc(-n3c4ccccc4c4ccccc43)c2)cc(N(c2ccc(-c3cccc4ccccc34)cc2)c2cccc3ccccc23)c1.c1ccc(-c2ccc(N(c3cccc(-c4cccc(-n5c6ccccc6c6ccccc65)c4)c3)c3cccc4ccccc34)c3ccccc23)cc1.c1ccc(N(c2cccc(-c3cccc(-n4c5ccccc5c5ccccc54)c3)c2)c2cccc3ccccc23)nc1. The van der Waals surface area contributed by atoms with Gasteiger partial charge in [-0.25, -0.2) is 4.98 Å². The summed E-state index contributed by atoms with van der Waals surface area (Å²) >= 11 is 0. The predicted molar refractivity (Wildman–Crippen MR) is 619 cm³/mol. The maximum atomic E-state index is 4.77. The largest absolute Gasteiger partial charge is 0.310 e. The molecule has 146 heavy (non-hydrogen) atoms. The van der Waals surface area contributed by atoms with E-state index in [1.165, 1.54) is 153 Å². The minimum Gasteiger partial charge on any atom is -0.310 e. The summed E-state index contributed by atoms with van der Waals surface area (Å²) in [6.07, 6.45) is 1.85. The van der Waals surface area contributed by atoms with Crippen LogP contribution in [0.1, 0.15) is 0 Å². The lowest BCUT2D eigenvalue weighted by Crippen LogP contribution is -2.11. The molecule has 0 spiro atoms. The molecule has 0 atom stereocenters. The molecule has 7 nitrogen and oxygen atoms in total. The second-order valence-electron chi connectivity index (χ2n) is 37.2. The van der Waals surface area contributed by atoms with Crippen LogP contribution in [0.2, 0.25) is 0 Å². The van der Waals surface area contributed by atoms with E-state index in [0.717, 1.165) is 90.6 Å². The van der Waals surface area contributed by atoms with E-state index in [4.69, 9.17) is 4.98 Å². The molecule has 0 aliphatic heterocycles. The molecule has 0 saturated carbocycles. The van der Waals surface area contributed by atoms with Crippen LogP contribution in [0.3, 0.4) is 0 Å². The normalized spacial score (nSPS) is 11.4. The van der Waals surface area contributed by atoms with Gasteiger partial charge in [-0.3, -0.25) is 4.90 Å². The number of anilines is 9. The average Bonchev–Trinajstić information content (AvgIpc) is 1.72. The molecule has 0 unspecified atom stereocenters. The van der Waals surface area contributed by atoms with E-state index in [0.29, 0.717) is 0 Å². The summed E-state index contributed by atoms with van der Waals surface area (Å²) in [4.78, 5) is 11.9. The molecule has 0 amide bonds. The van der Waals surface area contributed by atoms with E-state index in [2.05, 4.69) is 587 Å². The predicted octanol–water partition coefficient (Wildman–Crippen LogP) is 38.3. The molecule has 686 valence electrons. The number of fused-ring (bicyclic) bond motifs is 14. The van der Waals surface area contributed by atoms with Gasteiger partial charge in [0.15, 0.2) is 0 Å². The van der Waals surface area contributed by atoms with Gasteiger partial charge in [-0.15, -0.1) is 0 Å². The zero-order chi connectivity index (χ0) is 96.7. The molecule has 4 heterocycles. The molecule has 0 fully saturated rings. The first-order chi connectivity index (χ1) is 72.5. The lowest BCUT2D eigenvalue weighted by Gasteiger charge is -2.29. The number of benzene rings is 24. The minimum atomic E-state index is 0.880. The Hall–Kier alpha value is -19.5. The number of nitrogens with zero attached hydrogens (tertiary/aromatic N) is 7. The van der Waals surface area contributed by atoms with Crippen LogP contribution in [0.25, 0.3) is 192 Å². The summed E-state index contributed by atoms with van der Waals surface area (Å²) in [5.74, 6) is 0.880. The third-order valence-electron chi connectivity index (χ3n) is 28.7. The first-order valence-electron chi connectivity index (χ1n) is 49.9. The maximum Gasteiger partial charge on any atom is 0.137 e. The Labute approximate surface area is 847 Å². The highest BCUT2D eigenvalue weighted by Crippen LogP contribution is 2.49. The summed E-state index contributed by atoms with van der Waals surface area (Å²) in [7, 11) is 0. The Morgan fingerprint density at radius 1 is 0.144 bits per heavy atom. The lowest BCUT2D eigenvalue weighted by molar-refractivity contribution is 1.18. The summed E-state index contributed by atoms with van der Waals surface area (Å²) in [5, 5.41) is 19.8. The fourth-order valence-corrected chi connectivity index (χ4v) is 22.1. The van der Waals surface area contributed by atoms with Gasteiger partial charge >= 0.3 is 0 Å². The van der Waals surface area contributed by atoms with Crippen LogP contribution in [0.5, 0.6) is 0 Å². The van der Waals surface area contributed by atoms with Crippen LogP contribution in [-0.2, 0) is 0 Å². The molecule has 0 bridgehead atoms. The molecule has 28 rings (SSSR count). The highest BCUT2D eigenvalue weighted by molar-refractivity contribution is 6.14. The van der Waals surface area contributed by atoms with Gasteiger partial charge in [0.25, 0.3) is 0 Å². The fraction of sp³-hybridized carbons (Fsp3) is 0. The maximum absolute atomic E-state index is 4.77. The van der Waals surface area contributed by atoms with Crippen molar-refractivity contribution in [1.29, 1.82) is 0 Å². The van der Waals surface area contributed by atoms with Crippen molar-refractivity contribution in [2.24, 2.45) is 0 Å². The Morgan fingerprint density at radius 2 is 0.418 bits per heavy atom. The van der Waals surface area contributed by atoms with Gasteiger partial charge < -0.3 is 23.5 Å². The summed E-state index contributed by atoms with van der Waals surface area (Å²) in [5.41, 5.74) is 31.5. The Kier molecular flexibility index (Phi) is 22.6. The van der Waals surface area contributed by atoms with Crippen molar-refractivity contribution in [3.8, 4) is 72.7 Å². The summed E-state index contributed by atoms with van der Waals surface area (Å²) in [6.45, 7) is 0. The van der Waals surface area contributed by atoms with E-state index in [1.54, 1.807) is 0 Å². The Bertz CT molecular complexity index is 9640. The highest BCUT2D eigenvalue weighted by Gasteiger charge is 2.26. The van der Waals surface area contributed by atoms with Crippen molar-refractivity contribution in [2.75, 3.05) is 14.7 Å². The van der Waals surface area contributed by atoms with Crippen LogP contribution in [0.15, 0.2) is 576 Å². The standard InChI is InChI=1S/2C50H34N2.C39H27N3/c1-3-21-43-35(13-1)15-11-25-44(43)37-29-31-40(32-30-37)51(48-28-12-16-36-14-2-4-22-45(36)48)41-19-9-17-38(33-41)39-18-10-20-42(34-39)52-49-26-7-5-23-46(49)47-24-6-8-27-50(47)52;1-2-15-35(16-3-1)41-31-32-50(44-25-7-6-24-43(41)44)51(47-30-14-18-36-17-4-5-23-42(36)47)39-21-12-19-37(33-39)38-20-13-22-40(34-38)52-48-28-10-8-26-45(48)46-27-9-11-29-49(46)52;1-2-18-33-28(12-1)13-11-23-36(33)42(39-24-7-8-25-40-39)32-17-10-15-30(27-32)29-14-9-16-31(26-29)41-37-21-5-3-19-34(37)35-20-4-6-22-38(35)41/h2*1-34H;1-27H. The second-order valence-corrected chi connectivity index (χ2v) is 37.2. The monoisotopic (exact) mass is 1860 g/mol. The Morgan fingerprint density at radius 3 is 0.829 bits per heavy atom. The van der Waals surface area contributed by atoms with E-state index < -0.39 is 0 Å². The molecular weight excluding hydrogens is 1770 g/mol. The van der Waals surface area contributed by atoms with Gasteiger partial charge in [-0.1, -0.05) is 413 Å². The molecule has 28 aromatic rings. The quantitative estimate of drug-likeness (QED) is 0.0911. The van der Waals surface area contributed by atoms with Gasteiger partial charge in [0, 0.05) is 99.9 Å². The minimum absolute atomic E-state index is 0.880. The van der Waals surface area contributed by atoms with E-state index in [1.807, 2.05) is 18.3 Å². The molecule has 0 radical (unpaired) electrons. The topological polar surface area (TPSA) is 37.4 Å². The van der Waals surface area contributed by atoms with E-state index >= 15 is 0 Å². The smallest absolute Gasteiger partial charge is 0.137 e. The van der Waals surface area contributed by atoms with E-state index in [9.17, 15) is 0 Å². The third-order valence-corrected chi connectivity index (χ3v) is 28.7. The summed E-state index contributed by atoms with van der Waals surface area (Å²) < 4.78 is 7.15. The molecule has 4 aromatic heterocycles. The number of hydrogen-bond donors (Lipinski definition) is 0. The number of para-hydroxylation sites is 6. The molecular formula is C139H95N7. The fourth-order valence-electron chi connectivity index (χ4n) is 22.1. The number of rotatable bonds is 17. The first kappa shape index (κ1) is 86.8. The molecule has 7 heteroatoms. The van der Waals surface area contributed by atoms with Gasteiger partial charge in [0.05, 0.1) is 55.8 Å². The molecule has 0 saturated heterocycles. The van der Waals surface area contributed by atoms with Gasteiger partial charge in [-0.05, 0) is 246 Å². The van der Waals surface area contributed by atoms with Crippen LogP contribution >= 0.6 is 0 Å². The van der Waals surface area contributed by atoms with Gasteiger partial charge in [-0.2, -0.15) is 0 Å². The van der Waals surface area contributed by atoms with Crippen molar-refractivity contribution >= 4 is 171 Å². The molecule has 0 aliphatic carbocycles. The van der Waals surface area contributed by atoms with Crippen LogP contribution in [0, 0.1) is 0 Å². The van der Waals surface area contributed by atoms with Crippen LogP contribution in [0.4, 0.5) is 51.3 Å².